The highest BCUT2D eigenvalue weighted by Gasteiger charge is 2.37. The number of carbonyl (C=O) groups excluding carboxylic acids is 1. The predicted octanol–water partition coefficient (Wildman–Crippen LogP) is 2.24. The number of nitrogens with two attached hydrogens (primary N) is 2. The van der Waals surface area contributed by atoms with Gasteiger partial charge in [-0.2, -0.15) is 0 Å². The van der Waals surface area contributed by atoms with Crippen LogP contribution in [0.4, 0.5) is 0 Å². The minimum atomic E-state index is -0.235. The van der Waals surface area contributed by atoms with E-state index in [4.69, 9.17) is 11.5 Å². The first kappa shape index (κ1) is 15.0. The van der Waals surface area contributed by atoms with E-state index in [1.165, 1.54) is 4.88 Å². The second-order valence-corrected chi connectivity index (χ2v) is 7.45. The van der Waals surface area contributed by atoms with Crippen LogP contribution < -0.4 is 11.5 Å². The number of rotatable bonds is 5. The van der Waals surface area contributed by atoms with Crippen LogP contribution in [0.1, 0.15) is 37.1 Å². The van der Waals surface area contributed by atoms with E-state index in [2.05, 4.69) is 33.8 Å². The second kappa shape index (κ2) is 6.35. The van der Waals surface area contributed by atoms with E-state index < -0.39 is 0 Å². The summed E-state index contributed by atoms with van der Waals surface area (Å²) in [5.74, 6) is -0.235. The fraction of sp³-hybridized carbons (Fsp3) is 0.615. The van der Waals surface area contributed by atoms with Crippen molar-refractivity contribution in [3.05, 3.63) is 20.8 Å². The lowest BCUT2D eigenvalue weighted by molar-refractivity contribution is -0.123. The maximum Gasteiger partial charge on any atom is 0.234 e. The molecule has 19 heavy (non-hydrogen) atoms. The van der Waals surface area contributed by atoms with E-state index in [0.29, 0.717) is 0 Å². The SMILES string of the molecule is CCC(N)C(c1ccc(Br)s1)N1CCCC1C(N)=O. The largest absolute Gasteiger partial charge is 0.368 e. The van der Waals surface area contributed by atoms with Crippen molar-refractivity contribution in [3.8, 4) is 0 Å². The number of likely N-dealkylation sites (tertiary alicyclic amines) is 1. The summed E-state index contributed by atoms with van der Waals surface area (Å²) < 4.78 is 1.09. The Morgan fingerprint density at radius 3 is 2.89 bits per heavy atom. The maximum atomic E-state index is 11.6. The summed E-state index contributed by atoms with van der Waals surface area (Å²) in [6.45, 7) is 2.97. The highest BCUT2D eigenvalue weighted by atomic mass is 79.9. The molecule has 0 aliphatic carbocycles. The summed E-state index contributed by atoms with van der Waals surface area (Å²) in [7, 11) is 0. The number of hydrogen-bond acceptors (Lipinski definition) is 4. The maximum absolute atomic E-state index is 11.6. The predicted molar refractivity (Wildman–Crippen MR) is 81.9 cm³/mol. The van der Waals surface area contributed by atoms with Crippen molar-refractivity contribution in [2.75, 3.05) is 6.54 Å². The summed E-state index contributed by atoms with van der Waals surface area (Å²) in [4.78, 5) is 15.0. The fourth-order valence-corrected chi connectivity index (χ4v) is 4.38. The van der Waals surface area contributed by atoms with E-state index in [0.717, 1.165) is 29.6 Å². The molecule has 2 rings (SSSR count). The minimum absolute atomic E-state index is 0.0190. The lowest BCUT2D eigenvalue weighted by Gasteiger charge is -2.34. The molecule has 1 aliphatic heterocycles. The molecule has 106 valence electrons. The molecule has 0 saturated carbocycles. The number of nitrogens with zero attached hydrogens (tertiary/aromatic N) is 1. The van der Waals surface area contributed by atoms with Crippen LogP contribution in [-0.4, -0.2) is 29.4 Å². The van der Waals surface area contributed by atoms with Gasteiger partial charge >= 0.3 is 0 Å². The van der Waals surface area contributed by atoms with Crippen molar-refractivity contribution < 1.29 is 4.79 Å². The molecule has 4 N–H and O–H groups in total. The van der Waals surface area contributed by atoms with E-state index in [-0.39, 0.29) is 24.0 Å². The lowest BCUT2D eigenvalue weighted by Crippen LogP contribution is -2.47. The normalized spacial score (nSPS) is 23.4. The van der Waals surface area contributed by atoms with Crippen LogP contribution in [0.2, 0.25) is 0 Å². The van der Waals surface area contributed by atoms with Gasteiger partial charge in [0.15, 0.2) is 0 Å². The van der Waals surface area contributed by atoms with E-state index >= 15 is 0 Å². The van der Waals surface area contributed by atoms with Gasteiger partial charge in [-0.3, -0.25) is 9.69 Å². The van der Waals surface area contributed by atoms with Crippen molar-refractivity contribution in [2.45, 2.75) is 44.3 Å². The first-order valence-corrected chi connectivity index (χ1v) is 8.21. The average Bonchev–Trinajstić information content (AvgIpc) is 2.99. The number of primary amides is 1. The zero-order chi connectivity index (χ0) is 14.0. The summed E-state index contributed by atoms with van der Waals surface area (Å²) in [5, 5.41) is 0. The van der Waals surface area contributed by atoms with Gasteiger partial charge in [0.05, 0.1) is 15.9 Å². The van der Waals surface area contributed by atoms with Crippen LogP contribution in [0.3, 0.4) is 0 Å². The first-order valence-electron chi connectivity index (χ1n) is 6.60. The topological polar surface area (TPSA) is 72.3 Å². The summed E-state index contributed by atoms with van der Waals surface area (Å²) in [5.41, 5.74) is 11.8. The van der Waals surface area contributed by atoms with Gasteiger partial charge in [0.25, 0.3) is 0 Å². The number of hydrogen-bond donors (Lipinski definition) is 2. The zero-order valence-corrected chi connectivity index (χ0v) is 13.4. The molecule has 1 fully saturated rings. The molecule has 0 radical (unpaired) electrons. The van der Waals surface area contributed by atoms with Crippen LogP contribution in [0.15, 0.2) is 15.9 Å². The monoisotopic (exact) mass is 345 g/mol. The number of thiophene rings is 1. The Kier molecular flexibility index (Phi) is 5.00. The molecule has 1 aliphatic rings. The molecule has 1 saturated heterocycles. The summed E-state index contributed by atoms with van der Waals surface area (Å²) in [6, 6.07) is 4.05. The van der Waals surface area contributed by atoms with Crippen molar-refractivity contribution in [1.29, 1.82) is 0 Å². The Hall–Kier alpha value is -0.430. The van der Waals surface area contributed by atoms with Crippen LogP contribution in [0.25, 0.3) is 0 Å². The third kappa shape index (κ3) is 3.18. The Labute approximate surface area is 126 Å². The van der Waals surface area contributed by atoms with Crippen LogP contribution in [0.5, 0.6) is 0 Å². The van der Waals surface area contributed by atoms with Crippen molar-refractivity contribution >= 4 is 33.2 Å². The molecule has 0 spiro atoms. The zero-order valence-electron chi connectivity index (χ0n) is 11.0. The summed E-state index contributed by atoms with van der Waals surface area (Å²) >= 11 is 5.17. The molecule has 1 aromatic heterocycles. The molecular weight excluding hydrogens is 326 g/mol. The van der Waals surface area contributed by atoms with E-state index in [9.17, 15) is 4.79 Å². The molecule has 4 nitrogen and oxygen atoms in total. The van der Waals surface area contributed by atoms with Crippen molar-refractivity contribution in [2.24, 2.45) is 11.5 Å². The van der Waals surface area contributed by atoms with Crippen LogP contribution in [0, 0.1) is 0 Å². The Bertz CT molecular complexity index is 451. The van der Waals surface area contributed by atoms with Gasteiger partial charge in [0, 0.05) is 10.9 Å². The fourth-order valence-electron chi connectivity index (χ4n) is 2.76. The molecule has 0 bridgehead atoms. The van der Waals surface area contributed by atoms with Crippen LogP contribution >= 0.6 is 27.3 Å². The Morgan fingerprint density at radius 2 is 2.37 bits per heavy atom. The Morgan fingerprint density at radius 1 is 1.63 bits per heavy atom. The van der Waals surface area contributed by atoms with Gasteiger partial charge in [0.1, 0.15) is 0 Å². The molecule has 6 heteroatoms. The summed E-state index contributed by atoms with van der Waals surface area (Å²) in [6.07, 6.45) is 2.73. The Balaban J connectivity index is 2.30. The number of carbonyl (C=O) groups is 1. The van der Waals surface area contributed by atoms with Gasteiger partial charge in [0.2, 0.25) is 5.91 Å². The standard InChI is InChI=1S/C13H20BrN3OS/c1-2-8(15)12(10-5-6-11(14)19-10)17-7-3-4-9(17)13(16)18/h5-6,8-9,12H,2-4,7,15H2,1H3,(H2,16,18). The van der Waals surface area contributed by atoms with Crippen LogP contribution in [-0.2, 0) is 4.79 Å². The molecular formula is C13H20BrN3OS. The smallest absolute Gasteiger partial charge is 0.234 e. The average molecular weight is 346 g/mol. The third-order valence-corrected chi connectivity index (χ3v) is 5.44. The van der Waals surface area contributed by atoms with Crippen molar-refractivity contribution in [3.63, 3.8) is 0 Å². The number of halogens is 1. The highest BCUT2D eigenvalue weighted by Crippen LogP contribution is 2.37. The molecule has 3 atom stereocenters. The van der Waals surface area contributed by atoms with E-state index in [1.54, 1.807) is 11.3 Å². The highest BCUT2D eigenvalue weighted by molar-refractivity contribution is 9.11. The minimum Gasteiger partial charge on any atom is -0.368 e. The lowest BCUT2D eigenvalue weighted by atomic mass is 10.0. The molecule has 2 heterocycles. The van der Waals surface area contributed by atoms with Gasteiger partial charge in [-0.25, -0.2) is 0 Å². The quantitative estimate of drug-likeness (QED) is 0.859. The van der Waals surface area contributed by atoms with Gasteiger partial charge in [-0.1, -0.05) is 6.92 Å². The third-order valence-electron chi connectivity index (χ3n) is 3.74. The molecule has 1 amide bonds. The molecule has 3 unspecified atom stereocenters. The van der Waals surface area contributed by atoms with Gasteiger partial charge < -0.3 is 11.5 Å². The van der Waals surface area contributed by atoms with Gasteiger partial charge in [-0.05, 0) is 53.9 Å². The van der Waals surface area contributed by atoms with Gasteiger partial charge in [-0.15, -0.1) is 11.3 Å². The molecule has 0 aromatic carbocycles. The first-order chi connectivity index (χ1) is 9.04. The second-order valence-electron chi connectivity index (χ2n) is 4.96. The number of amides is 1. The van der Waals surface area contributed by atoms with E-state index in [1.807, 2.05) is 6.07 Å². The van der Waals surface area contributed by atoms with Crippen molar-refractivity contribution in [1.82, 2.24) is 4.90 Å². The molecule has 1 aromatic rings.